The molecule has 12 heavy (non-hydrogen) atoms. The average Bonchev–Trinajstić information content (AvgIpc) is 2.58. The zero-order chi connectivity index (χ0) is 8.55. The Hall–Kier alpha value is -1.29. The Morgan fingerprint density at radius 2 is 2.42 bits per heavy atom. The second-order valence-electron chi connectivity index (χ2n) is 2.44. The van der Waals surface area contributed by atoms with Crippen LogP contribution in [0.15, 0.2) is 18.3 Å². The van der Waals surface area contributed by atoms with Gasteiger partial charge in [0.15, 0.2) is 0 Å². The lowest BCUT2D eigenvalue weighted by Gasteiger charge is -1.94. The molecule has 2 heterocycles. The molecule has 5 heteroatoms. The first-order valence-electron chi connectivity index (χ1n) is 3.46. The number of hydrogen-bond donors (Lipinski definition) is 1. The van der Waals surface area contributed by atoms with Gasteiger partial charge in [-0.05, 0) is 6.07 Å². The molecule has 0 radical (unpaired) electrons. The molecule has 62 valence electrons. The third kappa shape index (κ3) is 1.10. The van der Waals surface area contributed by atoms with E-state index in [4.69, 9.17) is 11.6 Å². The summed E-state index contributed by atoms with van der Waals surface area (Å²) in [6, 6.07) is 3.64. The molecule has 1 N–H and O–H groups in total. The van der Waals surface area contributed by atoms with Crippen LogP contribution in [-0.2, 0) is 7.05 Å². The molecule has 2 aromatic heterocycles. The maximum Gasteiger partial charge on any atom is 0.124 e. The summed E-state index contributed by atoms with van der Waals surface area (Å²) < 4.78 is 1.74. The van der Waals surface area contributed by atoms with Gasteiger partial charge < -0.3 is 0 Å². The van der Waals surface area contributed by atoms with Crippen molar-refractivity contribution in [1.82, 2.24) is 20.0 Å². The lowest BCUT2D eigenvalue weighted by molar-refractivity contribution is 0.772. The summed E-state index contributed by atoms with van der Waals surface area (Å²) in [5.74, 6) is 0. The quantitative estimate of drug-likeness (QED) is 0.726. The van der Waals surface area contributed by atoms with Gasteiger partial charge in [-0.15, -0.1) is 0 Å². The average molecular weight is 183 g/mol. The normalized spacial score (nSPS) is 10.5. The molecule has 2 aromatic rings. The molecular formula is C7H7ClN4. The van der Waals surface area contributed by atoms with Gasteiger partial charge in [-0.1, -0.05) is 11.6 Å². The minimum Gasteiger partial charge on any atom is -0.267 e. The van der Waals surface area contributed by atoms with Crippen molar-refractivity contribution in [3.63, 3.8) is 0 Å². The van der Waals surface area contributed by atoms with Crippen LogP contribution in [-0.4, -0.2) is 20.0 Å². The van der Waals surface area contributed by atoms with Crippen LogP contribution < -0.4 is 0 Å². The molecule has 0 aliphatic carbocycles. The van der Waals surface area contributed by atoms with Crippen LogP contribution in [0.1, 0.15) is 0 Å². The number of aryl methyl sites for hydroxylation is 1. The van der Waals surface area contributed by atoms with Crippen molar-refractivity contribution in [1.29, 1.82) is 0 Å². The molecule has 0 saturated carbocycles. The fourth-order valence-corrected chi connectivity index (χ4v) is 1.20. The standard InChI is InChI=1S/C7H7ClN4/c1-12-6(2-3-9-12)5-4-7(8)11-10-5/h2-4H,1H3,(H,10,11). The van der Waals surface area contributed by atoms with Crippen LogP contribution in [0.5, 0.6) is 0 Å². The predicted octanol–water partition coefficient (Wildman–Crippen LogP) is 1.46. The van der Waals surface area contributed by atoms with E-state index in [1.807, 2.05) is 13.1 Å². The zero-order valence-electron chi connectivity index (χ0n) is 6.45. The Balaban J connectivity index is 2.50. The van der Waals surface area contributed by atoms with Crippen LogP contribution in [0.4, 0.5) is 0 Å². The largest absolute Gasteiger partial charge is 0.267 e. The lowest BCUT2D eigenvalue weighted by atomic mass is 10.3. The van der Waals surface area contributed by atoms with E-state index in [1.54, 1.807) is 16.9 Å². The predicted molar refractivity (Wildman–Crippen MR) is 45.8 cm³/mol. The van der Waals surface area contributed by atoms with Gasteiger partial charge in [0, 0.05) is 19.3 Å². The van der Waals surface area contributed by atoms with Crippen molar-refractivity contribution < 1.29 is 0 Å². The second-order valence-corrected chi connectivity index (χ2v) is 2.85. The van der Waals surface area contributed by atoms with E-state index < -0.39 is 0 Å². The van der Waals surface area contributed by atoms with Crippen molar-refractivity contribution in [2.75, 3.05) is 0 Å². The number of halogens is 1. The third-order valence-electron chi connectivity index (χ3n) is 1.63. The van der Waals surface area contributed by atoms with E-state index in [1.165, 1.54) is 0 Å². The van der Waals surface area contributed by atoms with Crippen molar-refractivity contribution in [3.8, 4) is 11.4 Å². The van der Waals surface area contributed by atoms with Gasteiger partial charge >= 0.3 is 0 Å². The number of aromatic nitrogens is 4. The fraction of sp³-hybridized carbons (Fsp3) is 0.143. The second kappa shape index (κ2) is 2.64. The molecule has 0 amide bonds. The zero-order valence-corrected chi connectivity index (χ0v) is 7.21. The molecule has 0 aliphatic heterocycles. The Labute approximate surface area is 74.2 Å². The SMILES string of the molecule is Cn1nccc1-c1cc(Cl)[nH]n1. The number of nitrogens with one attached hydrogen (secondary N) is 1. The van der Waals surface area contributed by atoms with Crippen LogP contribution in [0.2, 0.25) is 5.15 Å². The van der Waals surface area contributed by atoms with E-state index in [2.05, 4.69) is 15.3 Å². The van der Waals surface area contributed by atoms with Gasteiger partial charge in [-0.3, -0.25) is 9.78 Å². The Kier molecular flexibility index (Phi) is 1.62. The summed E-state index contributed by atoms with van der Waals surface area (Å²) in [6.45, 7) is 0. The number of hydrogen-bond acceptors (Lipinski definition) is 2. The van der Waals surface area contributed by atoms with Gasteiger partial charge in [0.25, 0.3) is 0 Å². The molecule has 0 saturated heterocycles. The van der Waals surface area contributed by atoms with Crippen LogP contribution in [0.25, 0.3) is 11.4 Å². The number of nitrogens with zero attached hydrogens (tertiary/aromatic N) is 3. The minimum absolute atomic E-state index is 0.534. The summed E-state index contributed by atoms with van der Waals surface area (Å²) in [7, 11) is 1.86. The third-order valence-corrected chi connectivity index (χ3v) is 1.82. The Morgan fingerprint density at radius 3 is 2.92 bits per heavy atom. The van der Waals surface area contributed by atoms with E-state index in [9.17, 15) is 0 Å². The topological polar surface area (TPSA) is 46.5 Å². The summed E-state index contributed by atoms with van der Waals surface area (Å²) in [6.07, 6.45) is 1.72. The Bertz CT molecular complexity index is 390. The van der Waals surface area contributed by atoms with Crippen LogP contribution in [0, 0.1) is 0 Å². The first kappa shape index (κ1) is 7.36. The molecule has 0 fully saturated rings. The van der Waals surface area contributed by atoms with E-state index in [0.29, 0.717) is 5.15 Å². The highest BCUT2D eigenvalue weighted by Crippen LogP contribution is 2.17. The molecule has 2 rings (SSSR count). The first-order chi connectivity index (χ1) is 5.77. The molecule has 0 bridgehead atoms. The van der Waals surface area contributed by atoms with Crippen LogP contribution >= 0.6 is 11.6 Å². The summed E-state index contributed by atoms with van der Waals surface area (Å²) >= 11 is 5.68. The smallest absolute Gasteiger partial charge is 0.124 e. The van der Waals surface area contributed by atoms with Crippen molar-refractivity contribution in [2.45, 2.75) is 0 Å². The number of rotatable bonds is 1. The maximum atomic E-state index is 5.68. The van der Waals surface area contributed by atoms with Gasteiger partial charge in [0.1, 0.15) is 10.8 Å². The van der Waals surface area contributed by atoms with Crippen molar-refractivity contribution >= 4 is 11.6 Å². The van der Waals surface area contributed by atoms with E-state index >= 15 is 0 Å². The molecule has 0 aliphatic rings. The van der Waals surface area contributed by atoms with E-state index in [0.717, 1.165) is 11.4 Å². The minimum atomic E-state index is 0.534. The molecule has 0 aromatic carbocycles. The Morgan fingerprint density at radius 1 is 1.58 bits per heavy atom. The molecule has 0 atom stereocenters. The van der Waals surface area contributed by atoms with Gasteiger partial charge in [0.05, 0.1) is 5.69 Å². The maximum absolute atomic E-state index is 5.68. The monoisotopic (exact) mass is 182 g/mol. The highest BCUT2D eigenvalue weighted by Gasteiger charge is 2.05. The van der Waals surface area contributed by atoms with Gasteiger partial charge in [0.2, 0.25) is 0 Å². The van der Waals surface area contributed by atoms with Gasteiger partial charge in [-0.25, -0.2) is 0 Å². The number of H-pyrrole nitrogens is 1. The highest BCUT2D eigenvalue weighted by atomic mass is 35.5. The lowest BCUT2D eigenvalue weighted by Crippen LogP contribution is -1.92. The molecule has 4 nitrogen and oxygen atoms in total. The number of aromatic amines is 1. The summed E-state index contributed by atoms with van der Waals surface area (Å²) in [4.78, 5) is 0. The van der Waals surface area contributed by atoms with E-state index in [-0.39, 0.29) is 0 Å². The molecule has 0 unspecified atom stereocenters. The molecular weight excluding hydrogens is 176 g/mol. The summed E-state index contributed by atoms with van der Waals surface area (Å²) in [5.41, 5.74) is 1.75. The van der Waals surface area contributed by atoms with Crippen molar-refractivity contribution in [2.24, 2.45) is 7.05 Å². The van der Waals surface area contributed by atoms with Crippen molar-refractivity contribution in [3.05, 3.63) is 23.5 Å². The first-order valence-corrected chi connectivity index (χ1v) is 3.84. The summed E-state index contributed by atoms with van der Waals surface area (Å²) in [5, 5.41) is 11.2. The van der Waals surface area contributed by atoms with Gasteiger partial charge in [-0.2, -0.15) is 10.2 Å². The fourth-order valence-electron chi connectivity index (χ4n) is 1.05. The molecule has 0 spiro atoms. The van der Waals surface area contributed by atoms with Crippen LogP contribution in [0.3, 0.4) is 0 Å². The highest BCUT2D eigenvalue weighted by molar-refractivity contribution is 6.29.